The van der Waals surface area contributed by atoms with Gasteiger partial charge in [0.15, 0.2) is 0 Å². The van der Waals surface area contributed by atoms with Crippen LogP contribution in [0.1, 0.15) is 19.7 Å². The highest BCUT2D eigenvalue weighted by molar-refractivity contribution is 4.95. The first-order valence-corrected chi connectivity index (χ1v) is 4.59. The minimum Gasteiger partial charge on any atom is -0.334 e. The van der Waals surface area contributed by atoms with E-state index in [2.05, 4.69) is 28.4 Å². The molecule has 0 aliphatic rings. The molecule has 1 heterocycles. The zero-order chi connectivity index (χ0) is 9.68. The average Bonchev–Trinajstić information content (AvgIpc) is 2.51. The topological polar surface area (TPSA) is 29.9 Å². The van der Waals surface area contributed by atoms with Crippen LogP contribution in [-0.4, -0.2) is 16.1 Å². The second kappa shape index (κ2) is 4.82. The first kappa shape index (κ1) is 9.99. The maximum Gasteiger partial charge on any atom is 0.122 e. The summed E-state index contributed by atoms with van der Waals surface area (Å²) in [5.74, 6) is 1.09. The molecule has 0 atom stereocenters. The van der Waals surface area contributed by atoms with Crippen molar-refractivity contribution in [2.45, 2.75) is 26.9 Å². The number of rotatable bonds is 5. The molecule has 0 saturated heterocycles. The number of hydrogen-bond acceptors (Lipinski definition) is 2. The van der Waals surface area contributed by atoms with Crippen LogP contribution in [0.2, 0.25) is 0 Å². The Morgan fingerprint density at radius 2 is 2.46 bits per heavy atom. The van der Waals surface area contributed by atoms with E-state index in [9.17, 15) is 0 Å². The first-order valence-electron chi connectivity index (χ1n) is 4.59. The fourth-order valence-electron chi connectivity index (χ4n) is 1.18. The molecule has 13 heavy (non-hydrogen) atoms. The standard InChI is InChI=1S/C10H17N3/c1-4-13-6-5-12-10(13)8-11-7-9(2)3/h5-6,11H,2,4,7-8H2,1,3H3. The van der Waals surface area contributed by atoms with Crippen molar-refractivity contribution in [3.05, 3.63) is 30.4 Å². The lowest BCUT2D eigenvalue weighted by Crippen LogP contribution is -2.18. The number of hydrogen-bond donors (Lipinski definition) is 1. The molecule has 0 fully saturated rings. The number of aromatic nitrogens is 2. The SMILES string of the molecule is C=C(C)CNCc1nccn1CC. The van der Waals surface area contributed by atoms with E-state index in [1.165, 1.54) is 0 Å². The van der Waals surface area contributed by atoms with Crippen molar-refractivity contribution < 1.29 is 0 Å². The minimum absolute atomic E-state index is 0.813. The molecule has 0 spiro atoms. The molecule has 0 bridgehead atoms. The summed E-state index contributed by atoms with van der Waals surface area (Å²) in [6, 6.07) is 0. The highest BCUT2D eigenvalue weighted by Gasteiger charge is 1.98. The second-order valence-electron chi connectivity index (χ2n) is 3.19. The van der Waals surface area contributed by atoms with E-state index in [0.29, 0.717) is 0 Å². The number of aryl methyl sites for hydroxylation is 1. The van der Waals surface area contributed by atoms with Crippen molar-refractivity contribution in [3.8, 4) is 0 Å². The molecule has 1 aromatic heterocycles. The summed E-state index contributed by atoms with van der Waals surface area (Å²) >= 11 is 0. The molecule has 0 unspecified atom stereocenters. The van der Waals surface area contributed by atoms with Gasteiger partial charge in [0.25, 0.3) is 0 Å². The Kier molecular flexibility index (Phi) is 3.71. The Labute approximate surface area is 79.5 Å². The van der Waals surface area contributed by atoms with Crippen LogP contribution < -0.4 is 5.32 Å². The molecule has 0 radical (unpaired) electrons. The van der Waals surface area contributed by atoms with Gasteiger partial charge in [-0.1, -0.05) is 12.2 Å². The third kappa shape index (κ3) is 3.03. The quantitative estimate of drug-likeness (QED) is 0.695. The fourth-order valence-corrected chi connectivity index (χ4v) is 1.18. The van der Waals surface area contributed by atoms with Crippen molar-refractivity contribution in [1.82, 2.24) is 14.9 Å². The second-order valence-corrected chi connectivity index (χ2v) is 3.19. The van der Waals surface area contributed by atoms with Crippen LogP contribution in [0.3, 0.4) is 0 Å². The lowest BCUT2D eigenvalue weighted by Gasteiger charge is -2.05. The van der Waals surface area contributed by atoms with Crippen molar-refractivity contribution in [2.75, 3.05) is 6.54 Å². The van der Waals surface area contributed by atoms with Gasteiger partial charge in [-0.3, -0.25) is 0 Å². The molecule has 0 aliphatic carbocycles. The zero-order valence-corrected chi connectivity index (χ0v) is 8.38. The number of nitrogens with one attached hydrogen (secondary N) is 1. The lowest BCUT2D eigenvalue weighted by molar-refractivity contribution is 0.634. The Hall–Kier alpha value is -1.09. The normalized spacial score (nSPS) is 10.3. The summed E-state index contributed by atoms with van der Waals surface area (Å²) in [5, 5.41) is 3.28. The van der Waals surface area contributed by atoms with E-state index in [-0.39, 0.29) is 0 Å². The Morgan fingerprint density at radius 1 is 1.69 bits per heavy atom. The van der Waals surface area contributed by atoms with Crippen LogP contribution in [0.4, 0.5) is 0 Å². The van der Waals surface area contributed by atoms with E-state index in [1.807, 2.05) is 19.3 Å². The monoisotopic (exact) mass is 179 g/mol. The van der Waals surface area contributed by atoms with Gasteiger partial charge in [-0.05, 0) is 13.8 Å². The summed E-state index contributed by atoms with van der Waals surface area (Å²) in [7, 11) is 0. The summed E-state index contributed by atoms with van der Waals surface area (Å²) in [5.41, 5.74) is 1.15. The summed E-state index contributed by atoms with van der Waals surface area (Å²) in [6.45, 7) is 10.6. The van der Waals surface area contributed by atoms with Crippen molar-refractivity contribution >= 4 is 0 Å². The third-order valence-electron chi connectivity index (χ3n) is 1.85. The molecule has 72 valence electrons. The van der Waals surface area contributed by atoms with Gasteiger partial charge < -0.3 is 9.88 Å². The van der Waals surface area contributed by atoms with E-state index in [4.69, 9.17) is 0 Å². The molecule has 0 amide bonds. The lowest BCUT2D eigenvalue weighted by atomic mass is 10.3. The Morgan fingerprint density at radius 3 is 3.08 bits per heavy atom. The number of nitrogens with zero attached hydrogens (tertiary/aromatic N) is 2. The van der Waals surface area contributed by atoms with Gasteiger partial charge in [0, 0.05) is 25.5 Å². The van der Waals surface area contributed by atoms with E-state index < -0.39 is 0 Å². The Bertz CT molecular complexity index is 275. The Balaban J connectivity index is 2.40. The molecule has 1 N–H and O–H groups in total. The highest BCUT2D eigenvalue weighted by Crippen LogP contribution is 1.96. The maximum atomic E-state index is 4.25. The van der Waals surface area contributed by atoms with Gasteiger partial charge in [0.2, 0.25) is 0 Å². The van der Waals surface area contributed by atoms with E-state index in [0.717, 1.165) is 31.0 Å². The first-order chi connectivity index (χ1) is 6.24. The molecule has 1 rings (SSSR count). The fraction of sp³-hybridized carbons (Fsp3) is 0.500. The van der Waals surface area contributed by atoms with E-state index >= 15 is 0 Å². The minimum atomic E-state index is 0.813. The van der Waals surface area contributed by atoms with Gasteiger partial charge in [-0.2, -0.15) is 0 Å². The van der Waals surface area contributed by atoms with Gasteiger partial charge in [-0.15, -0.1) is 0 Å². The summed E-state index contributed by atoms with van der Waals surface area (Å²) < 4.78 is 2.13. The van der Waals surface area contributed by atoms with Crippen LogP contribution in [0.25, 0.3) is 0 Å². The summed E-state index contributed by atoms with van der Waals surface area (Å²) in [6.07, 6.45) is 3.83. The van der Waals surface area contributed by atoms with Crippen LogP contribution in [0.15, 0.2) is 24.5 Å². The molecule has 3 nitrogen and oxygen atoms in total. The van der Waals surface area contributed by atoms with Crippen LogP contribution >= 0.6 is 0 Å². The average molecular weight is 179 g/mol. The molecule has 0 saturated carbocycles. The molecular formula is C10H17N3. The van der Waals surface area contributed by atoms with Crippen LogP contribution in [-0.2, 0) is 13.1 Å². The highest BCUT2D eigenvalue weighted by atomic mass is 15.1. The molecule has 3 heteroatoms. The third-order valence-corrected chi connectivity index (χ3v) is 1.85. The molecule has 0 aliphatic heterocycles. The van der Waals surface area contributed by atoms with Crippen molar-refractivity contribution in [1.29, 1.82) is 0 Å². The van der Waals surface area contributed by atoms with Gasteiger partial charge in [0.05, 0.1) is 6.54 Å². The molecule has 1 aromatic rings. The molecule has 0 aromatic carbocycles. The number of imidazole rings is 1. The van der Waals surface area contributed by atoms with Gasteiger partial charge in [0.1, 0.15) is 5.82 Å². The van der Waals surface area contributed by atoms with Crippen LogP contribution in [0.5, 0.6) is 0 Å². The maximum absolute atomic E-state index is 4.25. The van der Waals surface area contributed by atoms with E-state index in [1.54, 1.807) is 0 Å². The molecular weight excluding hydrogens is 162 g/mol. The van der Waals surface area contributed by atoms with Crippen LogP contribution in [0, 0.1) is 0 Å². The van der Waals surface area contributed by atoms with Crippen molar-refractivity contribution in [3.63, 3.8) is 0 Å². The van der Waals surface area contributed by atoms with Crippen molar-refractivity contribution in [2.24, 2.45) is 0 Å². The smallest absolute Gasteiger partial charge is 0.122 e. The largest absolute Gasteiger partial charge is 0.334 e. The predicted molar refractivity (Wildman–Crippen MR) is 54.4 cm³/mol. The predicted octanol–water partition coefficient (Wildman–Crippen LogP) is 1.57. The zero-order valence-electron chi connectivity index (χ0n) is 8.38. The summed E-state index contributed by atoms with van der Waals surface area (Å²) in [4.78, 5) is 4.25. The van der Waals surface area contributed by atoms with Gasteiger partial charge in [-0.25, -0.2) is 4.98 Å². The van der Waals surface area contributed by atoms with Gasteiger partial charge >= 0.3 is 0 Å².